The van der Waals surface area contributed by atoms with E-state index in [4.69, 9.17) is 0 Å². The molecule has 96 valence electrons. The molecule has 1 atom stereocenters. The van der Waals surface area contributed by atoms with E-state index in [1.165, 1.54) is 0 Å². The molecule has 0 spiro atoms. The fourth-order valence-corrected chi connectivity index (χ4v) is 1.41. The number of rotatable bonds is 8. The van der Waals surface area contributed by atoms with E-state index < -0.39 is 5.60 Å². The lowest BCUT2D eigenvalue weighted by Crippen LogP contribution is -2.39. The smallest absolute Gasteiger partial charge is 0.223 e. The van der Waals surface area contributed by atoms with Gasteiger partial charge >= 0.3 is 0 Å². The van der Waals surface area contributed by atoms with Gasteiger partial charge in [-0.3, -0.25) is 4.79 Å². The molecule has 0 fully saturated rings. The Labute approximate surface area is 99.0 Å². The highest BCUT2D eigenvalue weighted by atomic mass is 16.3. The van der Waals surface area contributed by atoms with Gasteiger partial charge in [-0.1, -0.05) is 6.92 Å². The Balaban J connectivity index is 3.70. The maximum atomic E-state index is 11.6. The molecule has 0 bridgehead atoms. The molecule has 0 rings (SSSR count). The van der Waals surface area contributed by atoms with Crippen LogP contribution in [-0.4, -0.2) is 47.7 Å². The van der Waals surface area contributed by atoms with E-state index in [9.17, 15) is 9.90 Å². The molecule has 4 nitrogen and oxygen atoms in total. The van der Waals surface area contributed by atoms with Gasteiger partial charge in [-0.25, -0.2) is 0 Å². The summed E-state index contributed by atoms with van der Waals surface area (Å²) in [5.41, 5.74) is -0.668. The monoisotopic (exact) mass is 230 g/mol. The van der Waals surface area contributed by atoms with Crippen LogP contribution in [0.5, 0.6) is 0 Å². The van der Waals surface area contributed by atoms with Gasteiger partial charge in [0.2, 0.25) is 5.91 Å². The highest BCUT2D eigenvalue weighted by molar-refractivity contribution is 5.76. The highest BCUT2D eigenvalue weighted by Gasteiger charge is 2.16. The van der Waals surface area contributed by atoms with E-state index in [1.807, 2.05) is 25.7 Å². The molecular formula is C12H26N2O2. The predicted octanol–water partition coefficient (Wildman–Crippen LogP) is 0.995. The first-order valence-corrected chi connectivity index (χ1v) is 6.17. The lowest BCUT2D eigenvalue weighted by Gasteiger charge is -2.22. The molecule has 16 heavy (non-hydrogen) atoms. The Morgan fingerprint density at radius 3 is 2.31 bits per heavy atom. The summed E-state index contributed by atoms with van der Waals surface area (Å²) in [5, 5.41) is 12.8. The molecule has 0 aliphatic heterocycles. The van der Waals surface area contributed by atoms with Crippen LogP contribution < -0.4 is 5.32 Å². The number of amides is 1. The fraction of sp³-hybridized carbons (Fsp3) is 0.917. The molecule has 0 aromatic heterocycles. The number of carbonyl (C=O) groups excluding carboxylic acids is 1. The van der Waals surface area contributed by atoms with Gasteiger partial charge in [0.05, 0.1) is 5.60 Å². The first-order valence-electron chi connectivity index (χ1n) is 6.17. The zero-order valence-corrected chi connectivity index (χ0v) is 11.0. The molecule has 0 saturated carbocycles. The van der Waals surface area contributed by atoms with Crippen LogP contribution in [0, 0.1) is 0 Å². The molecule has 1 unspecified atom stereocenters. The van der Waals surface area contributed by atoms with E-state index in [2.05, 4.69) is 5.32 Å². The second-order valence-corrected chi connectivity index (χ2v) is 4.34. The summed E-state index contributed by atoms with van der Waals surface area (Å²) < 4.78 is 0. The minimum Gasteiger partial charge on any atom is -0.389 e. The molecule has 0 aliphatic carbocycles. The van der Waals surface area contributed by atoms with Gasteiger partial charge in [0.25, 0.3) is 0 Å². The van der Waals surface area contributed by atoms with Crippen LogP contribution in [0.3, 0.4) is 0 Å². The summed E-state index contributed by atoms with van der Waals surface area (Å²) in [7, 11) is 0. The second kappa shape index (κ2) is 7.63. The summed E-state index contributed by atoms with van der Waals surface area (Å²) >= 11 is 0. The number of nitrogens with zero attached hydrogens (tertiary/aromatic N) is 1. The molecule has 0 aromatic carbocycles. The lowest BCUT2D eigenvalue weighted by molar-refractivity contribution is -0.130. The number of aliphatic hydroxyl groups is 1. The van der Waals surface area contributed by atoms with Crippen LogP contribution in [-0.2, 0) is 4.79 Å². The first kappa shape index (κ1) is 15.4. The Bertz CT molecular complexity index is 201. The van der Waals surface area contributed by atoms with Gasteiger partial charge in [0.15, 0.2) is 0 Å². The van der Waals surface area contributed by atoms with Gasteiger partial charge in [-0.2, -0.15) is 0 Å². The van der Waals surface area contributed by atoms with Gasteiger partial charge in [-0.15, -0.1) is 0 Å². The fourth-order valence-electron chi connectivity index (χ4n) is 1.41. The number of nitrogens with one attached hydrogen (secondary N) is 1. The summed E-state index contributed by atoms with van der Waals surface area (Å²) in [6.07, 6.45) is 1.21. The maximum absolute atomic E-state index is 11.6. The van der Waals surface area contributed by atoms with Crippen molar-refractivity contribution in [1.29, 1.82) is 0 Å². The van der Waals surface area contributed by atoms with Gasteiger partial charge in [0, 0.05) is 32.6 Å². The molecule has 2 N–H and O–H groups in total. The predicted molar refractivity (Wildman–Crippen MR) is 66.3 cm³/mol. The zero-order chi connectivity index (χ0) is 12.6. The van der Waals surface area contributed by atoms with Crippen molar-refractivity contribution in [1.82, 2.24) is 10.2 Å². The van der Waals surface area contributed by atoms with Crippen LogP contribution in [0.2, 0.25) is 0 Å². The average molecular weight is 230 g/mol. The van der Waals surface area contributed by atoms with Crippen molar-refractivity contribution in [2.24, 2.45) is 0 Å². The van der Waals surface area contributed by atoms with Crippen LogP contribution >= 0.6 is 0 Å². The van der Waals surface area contributed by atoms with E-state index in [-0.39, 0.29) is 5.91 Å². The quantitative estimate of drug-likeness (QED) is 0.612. The SMILES string of the molecule is CCN(CC)C(=O)CCNCC(C)(O)CC. The number of hydrogen-bond acceptors (Lipinski definition) is 3. The van der Waals surface area contributed by atoms with E-state index in [0.717, 1.165) is 13.1 Å². The van der Waals surface area contributed by atoms with Gasteiger partial charge < -0.3 is 15.3 Å². The third-order valence-corrected chi connectivity index (χ3v) is 2.90. The van der Waals surface area contributed by atoms with Gasteiger partial charge in [0.1, 0.15) is 0 Å². The topological polar surface area (TPSA) is 52.6 Å². The zero-order valence-electron chi connectivity index (χ0n) is 11.0. The van der Waals surface area contributed by atoms with Crippen molar-refractivity contribution < 1.29 is 9.90 Å². The molecule has 0 aromatic rings. The summed E-state index contributed by atoms with van der Waals surface area (Å²) in [6.45, 7) is 10.4. The summed E-state index contributed by atoms with van der Waals surface area (Å²) in [6, 6.07) is 0. The normalized spacial score (nSPS) is 14.6. The van der Waals surface area contributed by atoms with Crippen molar-refractivity contribution in [2.45, 2.75) is 46.1 Å². The Morgan fingerprint density at radius 1 is 1.31 bits per heavy atom. The average Bonchev–Trinajstić information content (AvgIpc) is 2.26. The van der Waals surface area contributed by atoms with Crippen LogP contribution in [0.15, 0.2) is 0 Å². The molecule has 0 radical (unpaired) electrons. The van der Waals surface area contributed by atoms with Crippen LogP contribution in [0.1, 0.15) is 40.5 Å². The molecule has 0 aliphatic rings. The van der Waals surface area contributed by atoms with Crippen molar-refractivity contribution in [2.75, 3.05) is 26.2 Å². The lowest BCUT2D eigenvalue weighted by atomic mass is 10.0. The summed E-state index contributed by atoms with van der Waals surface area (Å²) in [4.78, 5) is 13.4. The van der Waals surface area contributed by atoms with E-state index >= 15 is 0 Å². The van der Waals surface area contributed by atoms with Crippen LogP contribution in [0.25, 0.3) is 0 Å². The number of carbonyl (C=O) groups is 1. The minimum atomic E-state index is -0.668. The third kappa shape index (κ3) is 6.08. The van der Waals surface area contributed by atoms with Crippen LogP contribution in [0.4, 0.5) is 0 Å². The Morgan fingerprint density at radius 2 is 1.88 bits per heavy atom. The number of hydrogen-bond donors (Lipinski definition) is 2. The largest absolute Gasteiger partial charge is 0.389 e. The summed E-state index contributed by atoms with van der Waals surface area (Å²) in [5.74, 6) is 0.175. The van der Waals surface area contributed by atoms with Crippen molar-refractivity contribution in [3.8, 4) is 0 Å². The Hall–Kier alpha value is -0.610. The minimum absolute atomic E-state index is 0.175. The molecule has 4 heteroatoms. The second-order valence-electron chi connectivity index (χ2n) is 4.34. The van der Waals surface area contributed by atoms with Crippen molar-refractivity contribution >= 4 is 5.91 Å². The molecule has 1 amide bonds. The molecular weight excluding hydrogens is 204 g/mol. The van der Waals surface area contributed by atoms with Crippen molar-refractivity contribution in [3.05, 3.63) is 0 Å². The van der Waals surface area contributed by atoms with E-state index in [0.29, 0.717) is 25.9 Å². The van der Waals surface area contributed by atoms with E-state index in [1.54, 1.807) is 6.92 Å². The van der Waals surface area contributed by atoms with Crippen molar-refractivity contribution in [3.63, 3.8) is 0 Å². The maximum Gasteiger partial charge on any atom is 0.223 e. The third-order valence-electron chi connectivity index (χ3n) is 2.90. The van der Waals surface area contributed by atoms with Gasteiger partial charge in [-0.05, 0) is 27.2 Å². The molecule has 0 saturated heterocycles. The molecule has 0 heterocycles. The standard InChI is InChI=1S/C12H26N2O2/c1-5-12(4,16)10-13-9-8-11(15)14(6-2)7-3/h13,16H,5-10H2,1-4H3. The Kier molecular flexibility index (Phi) is 7.34. The first-order chi connectivity index (χ1) is 7.46. The highest BCUT2D eigenvalue weighted by Crippen LogP contribution is 2.05.